The van der Waals surface area contributed by atoms with Crippen LogP contribution in [-0.4, -0.2) is 37.2 Å². The lowest BCUT2D eigenvalue weighted by Crippen LogP contribution is -2.32. The number of hydrogen-bond acceptors (Lipinski definition) is 7. The molecule has 0 saturated heterocycles. The highest BCUT2D eigenvalue weighted by Gasteiger charge is 2.14. The molecule has 36 heavy (non-hydrogen) atoms. The van der Waals surface area contributed by atoms with E-state index in [0.29, 0.717) is 41.5 Å². The second-order valence-corrected chi connectivity index (χ2v) is 7.42. The van der Waals surface area contributed by atoms with Gasteiger partial charge in [0.15, 0.2) is 11.5 Å². The first kappa shape index (κ1) is 26.0. The van der Waals surface area contributed by atoms with E-state index in [4.69, 9.17) is 14.2 Å². The van der Waals surface area contributed by atoms with Gasteiger partial charge in [-0.05, 0) is 73.5 Å². The molecule has 0 aliphatic carbocycles. The maximum Gasteiger partial charge on any atom is 0.343 e. The van der Waals surface area contributed by atoms with E-state index in [9.17, 15) is 14.4 Å². The number of amides is 2. The van der Waals surface area contributed by atoms with E-state index >= 15 is 0 Å². The molecule has 3 aromatic carbocycles. The number of hydrogen-bond donors (Lipinski definition) is 2. The molecule has 186 valence electrons. The van der Waals surface area contributed by atoms with Crippen LogP contribution in [0.2, 0.25) is 0 Å². The van der Waals surface area contributed by atoms with Crippen LogP contribution < -0.4 is 25.0 Å². The summed E-state index contributed by atoms with van der Waals surface area (Å²) in [5.41, 5.74) is 3.58. The fourth-order valence-corrected chi connectivity index (χ4v) is 2.95. The number of esters is 1. The summed E-state index contributed by atoms with van der Waals surface area (Å²) < 4.78 is 16.6. The van der Waals surface area contributed by atoms with E-state index in [0.717, 1.165) is 6.42 Å². The van der Waals surface area contributed by atoms with Gasteiger partial charge >= 0.3 is 17.8 Å². The SMILES string of the molecule is CCCOc1ccc(C(=O)Oc2ccc(/C=N\NC(=O)C(=O)Nc3ccccc3)cc2OCC)cc1. The molecule has 0 fully saturated rings. The molecule has 0 unspecified atom stereocenters. The van der Waals surface area contributed by atoms with E-state index in [-0.39, 0.29) is 5.75 Å². The maximum atomic E-state index is 12.6. The van der Waals surface area contributed by atoms with Crippen LogP contribution in [0, 0.1) is 0 Å². The van der Waals surface area contributed by atoms with E-state index in [1.165, 1.54) is 6.21 Å². The van der Waals surface area contributed by atoms with E-state index in [2.05, 4.69) is 15.8 Å². The molecule has 3 aromatic rings. The topological polar surface area (TPSA) is 115 Å². The number of carbonyl (C=O) groups excluding carboxylic acids is 3. The van der Waals surface area contributed by atoms with Crippen LogP contribution in [0.25, 0.3) is 0 Å². The fraction of sp³-hybridized carbons (Fsp3) is 0.185. The monoisotopic (exact) mass is 489 g/mol. The Balaban J connectivity index is 1.61. The van der Waals surface area contributed by atoms with Crippen molar-refractivity contribution in [1.29, 1.82) is 0 Å². The number of carbonyl (C=O) groups is 3. The first-order valence-electron chi connectivity index (χ1n) is 11.4. The second-order valence-electron chi connectivity index (χ2n) is 7.42. The molecular weight excluding hydrogens is 462 g/mol. The van der Waals surface area contributed by atoms with Crippen LogP contribution in [0.1, 0.15) is 36.2 Å². The van der Waals surface area contributed by atoms with Crippen molar-refractivity contribution in [3.8, 4) is 17.2 Å². The maximum absolute atomic E-state index is 12.6. The third-order valence-corrected chi connectivity index (χ3v) is 4.65. The van der Waals surface area contributed by atoms with Crippen molar-refractivity contribution in [3.05, 3.63) is 83.9 Å². The minimum atomic E-state index is -0.920. The van der Waals surface area contributed by atoms with Gasteiger partial charge in [0.1, 0.15) is 5.75 Å². The predicted octanol–water partition coefficient (Wildman–Crippen LogP) is 4.18. The molecule has 0 aliphatic rings. The Bertz CT molecular complexity index is 1210. The van der Waals surface area contributed by atoms with Crippen molar-refractivity contribution in [2.45, 2.75) is 20.3 Å². The number of hydrazone groups is 1. The average molecular weight is 490 g/mol. The van der Waals surface area contributed by atoms with Gasteiger partial charge in [-0.3, -0.25) is 9.59 Å². The van der Waals surface area contributed by atoms with Crippen molar-refractivity contribution in [2.24, 2.45) is 5.10 Å². The molecule has 0 spiro atoms. The standard InChI is InChI=1S/C27H27N3O6/c1-3-16-35-22-13-11-20(12-14-22)27(33)36-23-15-10-19(17-24(23)34-4-2)18-28-30-26(32)25(31)29-21-8-6-5-7-9-21/h5-15,17-18H,3-4,16H2,1-2H3,(H,29,31)(H,30,32)/b28-18-. The molecule has 3 rings (SSSR count). The van der Waals surface area contributed by atoms with Gasteiger partial charge in [0, 0.05) is 5.69 Å². The highest BCUT2D eigenvalue weighted by molar-refractivity contribution is 6.39. The number of nitrogens with zero attached hydrogens (tertiary/aromatic N) is 1. The number of ether oxygens (including phenoxy) is 3. The molecule has 0 radical (unpaired) electrons. The highest BCUT2D eigenvalue weighted by atomic mass is 16.6. The number of benzene rings is 3. The predicted molar refractivity (Wildman–Crippen MR) is 136 cm³/mol. The summed E-state index contributed by atoms with van der Waals surface area (Å²) >= 11 is 0. The Labute approximate surface area is 209 Å². The highest BCUT2D eigenvalue weighted by Crippen LogP contribution is 2.29. The quantitative estimate of drug-likeness (QED) is 0.145. The van der Waals surface area contributed by atoms with Gasteiger partial charge in [-0.15, -0.1) is 0 Å². The van der Waals surface area contributed by atoms with E-state index < -0.39 is 17.8 Å². The summed E-state index contributed by atoms with van der Waals surface area (Å²) in [6, 6.07) is 20.1. The lowest BCUT2D eigenvalue weighted by Gasteiger charge is -2.12. The minimum absolute atomic E-state index is 0.233. The molecular formula is C27H27N3O6. The summed E-state index contributed by atoms with van der Waals surface area (Å²) in [6.07, 6.45) is 2.23. The van der Waals surface area contributed by atoms with Crippen LogP contribution in [0.15, 0.2) is 77.9 Å². The number of para-hydroxylation sites is 1. The average Bonchev–Trinajstić information content (AvgIpc) is 2.89. The molecule has 0 aliphatic heterocycles. The molecule has 9 heteroatoms. The van der Waals surface area contributed by atoms with Crippen LogP contribution in [-0.2, 0) is 9.59 Å². The zero-order valence-corrected chi connectivity index (χ0v) is 20.0. The Morgan fingerprint density at radius 3 is 2.31 bits per heavy atom. The van der Waals surface area contributed by atoms with Gasteiger partial charge in [-0.2, -0.15) is 5.10 Å². The van der Waals surface area contributed by atoms with E-state index in [1.54, 1.807) is 79.7 Å². The second kappa shape index (κ2) is 13.3. The third-order valence-electron chi connectivity index (χ3n) is 4.65. The lowest BCUT2D eigenvalue weighted by atomic mass is 10.2. The Kier molecular flexibility index (Phi) is 9.58. The van der Waals surface area contributed by atoms with Gasteiger partial charge in [0.2, 0.25) is 0 Å². The summed E-state index contributed by atoms with van der Waals surface area (Å²) in [5, 5.41) is 6.28. The number of rotatable bonds is 10. The van der Waals surface area contributed by atoms with Crippen molar-refractivity contribution in [1.82, 2.24) is 5.43 Å². The normalized spacial score (nSPS) is 10.5. The van der Waals surface area contributed by atoms with Gasteiger partial charge < -0.3 is 19.5 Å². The zero-order chi connectivity index (χ0) is 25.8. The first-order valence-corrected chi connectivity index (χ1v) is 11.4. The van der Waals surface area contributed by atoms with Crippen LogP contribution in [0.4, 0.5) is 5.69 Å². The molecule has 2 amide bonds. The lowest BCUT2D eigenvalue weighted by molar-refractivity contribution is -0.136. The molecule has 0 saturated carbocycles. The Hall–Kier alpha value is -4.66. The first-order chi connectivity index (χ1) is 17.5. The van der Waals surface area contributed by atoms with Crippen molar-refractivity contribution < 1.29 is 28.6 Å². The third kappa shape index (κ3) is 7.69. The van der Waals surface area contributed by atoms with Crippen LogP contribution in [0.3, 0.4) is 0 Å². The van der Waals surface area contributed by atoms with Gasteiger partial charge in [0.25, 0.3) is 0 Å². The molecule has 0 heterocycles. The number of nitrogens with one attached hydrogen (secondary N) is 2. The fourth-order valence-electron chi connectivity index (χ4n) is 2.95. The summed E-state index contributed by atoms with van der Waals surface area (Å²) in [7, 11) is 0. The van der Waals surface area contributed by atoms with Gasteiger partial charge in [-0.1, -0.05) is 25.1 Å². The van der Waals surface area contributed by atoms with Gasteiger partial charge in [0.05, 0.1) is 25.0 Å². The van der Waals surface area contributed by atoms with Gasteiger partial charge in [-0.25, -0.2) is 10.2 Å². The molecule has 0 atom stereocenters. The largest absolute Gasteiger partial charge is 0.494 e. The smallest absolute Gasteiger partial charge is 0.343 e. The Morgan fingerprint density at radius 2 is 1.61 bits per heavy atom. The molecule has 0 bridgehead atoms. The minimum Gasteiger partial charge on any atom is -0.494 e. The van der Waals surface area contributed by atoms with Crippen LogP contribution in [0.5, 0.6) is 17.2 Å². The summed E-state index contributed by atoms with van der Waals surface area (Å²) in [6.45, 7) is 4.75. The van der Waals surface area contributed by atoms with Crippen molar-refractivity contribution in [3.63, 3.8) is 0 Å². The molecule has 9 nitrogen and oxygen atoms in total. The summed E-state index contributed by atoms with van der Waals surface area (Å²) in [4.78, 5) is 36.5. The van der Waals surface area contributed by atoms with Crippen molar-refractivity contribution >= 4 is 29.7 Å². The van der Waals surface area contributed by atoms with Crippen LogP contribution >= 0.6 is 0 Å². The van der Waals surface area contributed by atoms with E-state index in [1.807, 2.05) is 6.92 Å². The zero-order valence-electron chi connectivity index (χ0n) is 20.0. The molecule has 0 aromatic heterocycles. The van der Waals surface area contributed by atoms with Crippen molar-refractivity contribution in [2.75, 3.05) is 18.5 Å². The summed E-state index contributed by atoms with van der Waals surface area (Å²) in [5.74, 6) is -1.08. The Morgan fingerprint density at radius 1 is 0.861 bits per heavy atom. The molecule has 2 N–H and O–H groups in total. The number of anilines is 1.